The number of amides is 1. The molecule has 0 saturated carbocycles. The van der Waals surface area contributed by atoms with Crippen LogP contribution in [0, 0.1) is 6.92 Å². The standard InChI is InChI=1S/C24H23ClN2O4S/c1-16-20(25)8-5-9-21(16)27(32(2,29)30)14-6-11-24(28)26-17-12-13-19-18-7-3-4-10-22(18)31-23(19)15-17/h3-5,7-10,12-13,15H,6,11,14H2,1-2H3,(H,26,28). The molecular weight excluding hydrogens is 448 g/mol. The van der Waals surface area contributed by atoms with Gasteiger partial charge >= 0.3 is 0 Å². The first-order chi connectivity index (χ1) is 15.2. The summed E-state index contributed by atoms with van der Waals surface area (Å²) in [5, 5.41) is 5.37. The second-order valence-corrected chi connectivity index (χ2v) is 9.99. The third-order valence-electron chi connectivity index (χ3n) is 5.34. The molecule has 0 atom stereocenters. The van der Waals surface area contributed by atoms with E-state index in [-0.39, 0.29) is 18.9 Å². The second-order valence-electron chi connectivity index (χ2n) is 7.68. The van der Waals surface area contributed by atoms with Crippen molar-refractivity contribution in [3.63, 3.8) is 0 Å². The van der Waals surface area contributed by atoms with Gasteiger partial charge in [0.15, 0.2) is 0 Å². The topological polar surface area (TPSA) is 79.6 Å². The summed E-state index contributed by atoms with van der Waals surface area (Å²) >= 11 is 6.16. The lowest BCUT2D eigenvalue weighted by Gasteiger charge is -2.24. The Labute approximate surface area is 191 Å². The number of carbonyl (C=O) groups is 1. The molecule has 1 amide bonds. The molecule has 0 aliphatic carbocycles. The summed E-state index contributed by atoms with van der Waals surface area (Å²) in [7, 11) is -3.52. The van der Waals surface area contributed by atoms with Crippen LogP contribution in [0.5, 0.6) is 0 Å². The van der Waals surface area contributed by atoms with E-state index in [9.17, 15) is 13.2 Å². The molecule has 166 valence electrons. The van der Waals surface area contributed by atoms with E-state index >= 15 is 0 Å². The summed E-state index contributed by atoms with van der Waals surface area (Å²) in [6, 6.07) is 18.5. The molecule has 0 saturated heterocycles. The van der Waals surface area contributed by atoms with Crippen molar-refractivity contribution in [1.82, 2.24) is 0 Å². The number of carbonyl (C=O) groups excluding carboxylic acids is 1. The van der Waals surface area contributed by atoms with Gasteiger partial charge in [-0.15, -0.1) is 0 Å². The van der Waals surface area contributed by atoms with E-state index in [0.717, 1.165) is 22.6 Å². The SMILES string of the molecule is Cc1c(Cl)cccc1N(CCCC(=O)Nc1ccc2c(c1)oc1ccccc12)S(C)(=O)=O. The highest BCUT2D eigenvalue weighted by Gasteiger charge is 2.20. The number of anilines is 2. The molecule has 32 heavy (non-hydrogen) atoms. The third-order valence-corrected chi connectivity index (χ3v) is 6.93. The van der Waals surface area contributed by atoms with Crippen LogP contribution in [0.15, 0.2) is 65.1 Å². The van der Waals surface area contributed by atoms with Gasteiger partial charge in [-0.2, -0.15) is 0 Å². The Bertz CT molecular complexity index is 1410. The number of benzene rings is 3. The highest BCUT2D eigenvalue weighted by molar-refractivity contribution is 7.92. The number of furan rings is 1. The predicted molar refractivity (Wildman–Crippen MR) is 130 cm³/mol. The smallest absolute Gasteiger partial charge is 0.232 e. The summed E-state index contributed by atoms with van der Waals surface area (Å²) in [5.74, 6) is -0.197. The van der Waals surface area contributed by atoms with Crippen molar-refractivity contribution in [2.24, 2.45) is 0 Å². The first kappa shape index (κ1) is 22.2. The molecular formula is C24H23ClN2O4S. The van der Waals surface area contributed by atoms with Crippen molar-refractivity contribution in [2.45, 2.75) is 19.8 Å². The van der Waals surface area contributed by atoms with Crippen LogP contribution in [-0.4, -0.2) is 27.1 Å². The number of sulfonamides is 1. The molecule has 0 radical (unpaired) electrons. The minimum atomic E-state index is -3.52. The molecule has 4 aromatic rings. The van der Waals surface area contributed by atoms with Gasteiger partial charge in [-0.1, -0.05) is 35.9 Å². The van der Waals surface area contributed by atoms with Gasteiger partial charge in [0.25, 0.3) is 0 Å². The molecule has 1 N–H and O–H groups in total. The van der Waals surface area contributed by atoms with Gasteiger partial charge in [-0.25, -0.2) is 8.42 Å². The Balaban J connectivity index is 1.42. The van der Waals surface area contributed by atoms with Crippen molar-refractivity contribution in [3.8, 4) is 0 Å². The van der Waals surface area contributed by atoms with E-state index in [0.29, 0.717) is 34.0 Å². The fraction of sp³-hybridized carbons (Fsp3) is 0.208. The van der Waals surface area contributed by atoms with Gasteiger partial charge < -0.3 is 9.73 Å². The van der Waals surface area contributed by atoms with Crippen LogP contribution in [0.4, 0.5) is 11.4 Å². The maximum absolute atomic E-state index is 12.5. The number of nitrogens with one attached hydrogen (secondary N) is 1. The monoisotopic (exact) mass is 470 g/mol. The van der Waals surface area contributed by atoms with Gasteiger partial charge in [0.1, 0.15) is 11.2 Å². The van der Waals surface area contributed by atoms with Crippen LogP contribution in [0.25, 0.3) is 21.9 Å². The largest absolute Gasteiger partial charge is 0.456 e. The summed E-state index contributed by atoms with van der Waals surface area (Å²) in [5.41, 5.74) is 3.33. The van der Waals surface area contributed by atoms with E-state index in [1.54, 1.807) is 31.2 Å². The third kappa shape index (κ3) is 4.59. The molecule has 0 aliphatic heterocycles. The highest BCUT2D eigenvalue weighted by atomic mass is 35.5. The maximum atomic E-state index is 12.5. The van der Waals surface area contributed by atoms with E-state index in [2.05, 4.69) is 5.32 Å². The van der Waals surface area contributed by atoms with Crippen molar-refractivity contribution in [3.05, 3.63) is 71.2 Å². The Morgan fingerprint density at radius 2 is 1.78 bits per heavy atom. The molecule has 1 heterocycles. The van der Waals surface area contributed by atoms with Gasteiger partial charge in [0.2, 0.25) is 15.9 Å². The molecule has 0 aliphatic rings. The number of fused-ring (bicyclic) bond motifs is 3. The summed E-state index contributed by atoms with van der Waals surface area (Å²) in [6.45, 7) is 1.95. The number of para-hydroxylation sites is 1. The minimum absolute atomic E-state index is 0.170. The first-order valence-corrected chi connectivity index (χ1v) is 12.4. The Hall–Kier alpha value is -3.03. The number of hydrogen-bond donors (Lipinski definition) is 1. The minimum Gasteiger partial charge on any atom is -0.456 e. The molecule has 6 nitrogen and oxygen atoms in total. The van der Waals surface area contributed by atoms with Crippen molar-refractivity contribution in [2.75, 3.05) is 22.4 Å². The predicted octanol–water partition coefficient (Wildman–Crippen LogP) is 5.73. The van der Waals surface area contributed by atoms with Gasteiger partial charge in [-0.05, 0) is 49.2 Å². The van der Waals surface area contributed by atoms with Gasteiger partial charge in [0.05, 0.1) is 11.9 Å². The molecule has 0 fully saturated rings. The zero-order chi connectivity index (χ0) is 22.9. The molecule has 1 aromatic heterocycles. The molecule has 0 unspecified atom stereocenters. The lowest BCUT2D eigenvalue weighted by atomic mass is 10.1. The van der Waals surface area contributed by atoms with Gasteiger partial charge in [0, 0.05) is 40.5 Å². The molecule has 8 heteroatoms. The Morgan fingerprint density at radius 1 is 1.03 bits per heavy atom. The molecule has 0 spiro atoms. The average molecular weight is 471 g/mol. The summed E-state index contributed by atoms with van der Waals surface area (Å²) in [4.78, 5) is 12.5. The lowest BCUT2D eigenvalue weighted by molar-refractivity contribution is -0.116. The summed E-state index contributed by atoms with van der Waals surface area (Å²) < 4.78 is 31.8. The zero-order valence-electron chi connectivity index (χ0n) is 17.8. The average Bonchev–Trinajstić information content (AvgIpc) is 3.10. The van der Waals surface area contributed by atoms with Crippen LogP contribution in [0.1, 0.15) is 18.4 Å². The molecule has 3 aromatic carbocycles. The normalized spacial score (nSPS) is 11.7. The number of nitrogens with zero attached hydrogens (tertiary/aromatic N) is 1. The maximum Gasteiger partial charge on any atom is 0.232 e. The van der Waals surface area contributed by atoms with Crippen LogP contribution in [0.2, 0.25) is 5.02 Å². The molecule has 4 rings (SSSR count). The van der Waals surface area contributed by atoms with Gasteiger partial charge in [-0.3, -0.25) is 9.10 Å². The van der Waals surface area contributed by atoms with E-state index in [4.69, 9.17) is 16.0 Å². The van der Waals surface area contributed by atoms with Crippen LogP contribution < -0.4 is 9.62 Å². The number of rotatable bonds is 7. The number of hydrogen-bond acceptors (Lipinski definition) is 4. The van der Waals surface area contributed by atoms with Crippen molar-refractivity contribution >= 4 is 60.8 Å². The Morgan fingerprint density at radius 3 is 2.56 bits per heavy atom. The fourth-order valence-corrected chi connectivity index (χ4v) is 4.93. The Kier molecular flexibility index (Phi) is 6.13. The quantitative estimate of drug-likeness (QED) is 0.374. The highest BCUT2D eigenvalue weighted by Crippen LogP contribution is 2.31. The van der Waals surface area contributed by atoms with E-state index in [1.807, 2.05) is 36.4 Å². The van der Waals surface area contributed by atoms with Crippen molar-refractivity contribution < 1.29 is 17.6 Å². The fourth-order valence-electron chi connectivity index (χ4n) is 3.74. The zero-order valence-corrected chi connectivity index (χ0v) is 19.3. The van der Waals surface area contributed by atoms with Crippen LogP contribution in [0.3, 0.4) is 0 Å². The van der Waals surface area contributed by atoms with Crippen LogP contribution >= 0.6 is 11.6 Å². The van der Waals surface area contributed by atoms with E-state index < -0.39 is 10.0 Å². The lowest BCUT2D eigenvalue weighted by Crippen LogP contribution is -2.32. The number of halogens is 1. The van der Waals surface area contributed by atoms with Crippen molar-refractivity contribution in [1.29, 1.82) is 0 Å². The first-order valence-electron chi connectivity index (χ1n) is 10.2. The molecule has 0 bridgehead atoms. The van der Waals surface area contributed by atoms with Crippen LogP contribution in [-0.2, 0) is 14.8 Å². The summed E-state index contributed by atoms with van der Waals surface area (Å²) in [6.07, 6.45) is 1.68. The second kappa shape index (κ2) is 8.84. The van der Waals surface area contributed by atoms with E-state index in [1.165, 1.54) is 4.31 Å².